The zero-order valence-electron chi connectivity index (χ0n) is 15.1. The van der Waals surface area contributed by atoms with Gasteiger partial charge in [-0.15, -0.1) is 11.3 Å². The second kappa shape index (κ2) is 8.42. The SMILES string of the molecule is CNC(=O)C1CCCN1CC(=O)Nc1ncc(Cc2cccc(C)c2)s1. The largest absolute Gasteiger partial charge is 0.358 e. The van der Waals surface area contributed by atoms with Gasteiger partial charge in [0.2, 0.25) is 11.8 Å². The first-order chi connectivity index (χ1) is 12.5. The number of rotatable bonds is 6. The highest BCUT2D eigenvalue weighted by molar-refractivity contribution is 7.15. The number of anilines is 1. The summed E-state index contributed by atoms with van der Waals surface area (Å²) in [5, 5.41) is 6.13. The van der Waals surface area contributed by atoms with Gasteiger partial charge in [0.25, 0.3) is 0 Å². The predicted molar refractivity (Wildman–Crippen MR) is 103 cm³/mol. The molecule has 1 fully saturated rings. The molecule has 2 aromatic rings. The van der Waals surface area contributed by atoms with Gasteiger partial charge in [0.05, 0.1) is 12.6 Å². The molecule has 1 aromatic heterocycles. The second-order valence-corrected chi connectivity index (χ2v) is 7.70. The summed E-state index contributed by atoms with van der Waals surface area (Å²) >= 11 is 1.49. The highest BCUT2D eigenvalue weighted by Crippen LogP contribution is 2.22. The maximum absolute atomic E-state index is 12.3. The van der Waals surface area contributed by atoms with Gasteiger partial charge in [-0.2, -0.15) is 0 Å². The number of thiazole rings is 1. The molecule has 1 aromatic carbocycles. The molecule has 0 spiro atoms. The van der Waals surface area contributed by atoms with Crippen LogP contribution < -0.4 is 10.6 Å². The highest BCUT2D eigenvalue weighted by Gasteiger charge is 2.31. The van der Waals surface area contributed by atoms with E-state index in [1.54, 1.807) is 7.05 Å². The van der Waals surface area contributed by atoms with Crippen molar-refractivity contribution in [3.05, 3.63) is 46.5 Å². The lowest BCUT2D eigenvalue weighted by atomic mass is 10.1. The molecule has 6 nitrogen and oxygen atoms in total. The van der Waals surface area contributed by atoms with E-state index in [4.69, 9.17) is 0 Å². The summed E-state index contributed by atoms with van der Waals surface area (Å²) in [5.41, 5.74) is 2.47. The van der Waals surface area contributed by atoms with Crippen LogP contribution in [0.5, 0.6) is 0 Å². The van der Waals surface area contributed by atoms with Crippen LogP contribution in [0, 0.1) is 6.92 Å². The smallest absolute Gasteiger partial charge is 0.240 e. The quantitative estimate of drug-likeness (QED) is 0.815. The number of hydrogen-bond donors (Lipinski definition) is 2. The Morgan fingerprint density at radius 1 is 1.38 bits per heavy atom. The molecule has 26 heavy (non-hydrogen) atoms. The van der Waals surface area contributed by atoms with Crippen molar-refractivity contribution in [3.8, 4) is 0 Å². The molecule has 138 valence electrons. The fraction of sp³-hybridized carbons (Fsp3) is 0.421. The van der Waals surface area contributed by atoms with Crippen LogP contribution in [0.3, 0.4) is 0 Å². The van der Waals surface area contributed by atoms with Gasteiger partial charge >= 0.3 is 0 Å². The molecular formula is C19H24N4O2S. The molecule has 7 heteroatoms. The van der Waals surface area contributed by atoms with Crippen molar-refractivity contribution in [1.82, 2.24) is 15.2 Å². The number of aromatic nitrogens is 1. The monoisotopic (exact) mass is 372 g/mol. The minimum absolute atomic E-state index is 0.0232. The average Bonchev–Trinajstić information content (AvgIpc) is 3.23. The lowest BCUT2D eigenvalue weighted by molar-refractivity contribution is -0.126. The Bertz CT molecular complexity index is 789. The maximum atomic E-state index is 12.3. The van der Waals surface area contributed by atoms with E-state index >= 15 is 0 Å². The number of nitrogens with one attached hydrogen (secondary N) is 2. The number of amides is 2. The van der Waals surface area contributed by atoms with Crippen LogP contribution in [-0.2, 0) is 16.0 Å². The molecule has 1 unspecified atom stereocenters. The predicted octanol–water partition coefficient (Wildman–Crippen LogP) is 2.19. The van der Waals surface area contributed by atoms with Gasteiger partial charge in [-0.3, -0.25) is 14.5 Å². The summed E-state index contributed by atoms with van der Waals surface area (Å²) in [6, 6.07) is 8.17. The number of likely N-dealkylation sites (N-methyl/N-ethyl adjacent to an activating group) is 1. The zero-order chi connectivity index (χ0) is 18.5. The van der Waals surface area contributed by atoms with Crippen molar-refractivity contribution < 1.29 is 9.59 Å². The third-order valence-corrected chi connectivity index (χ3v) is 5.43. The van der Waals surface area contributed by atoms with Gasteiger partial charge in [-0.1, -0.05) is 29.8 Å². The lowest BCUT2D eigenvalue weighted by Crippen LogP contribution is -2.45. The van der Waals surface area contributed by atoms with E-state index in [1.165, 1.54) is 22.5 Å². The molecule has 0 aliphatic carbocycles. The molecular weight excluding hydrogens is 348 g/mol. The Labute approximate surface area is 157 Å². The fourth-order valence-electron chi connectivity index (χ4n) is 3.29. The number of likely N-dealkylation sites (tertiary alicyclic amines) is 1. The van der Waals surface area contributed by atoms with Gasteiger partial charge in [0.1, 0.15) is 0 Å². The van der Waals surface area contributed by atoms with Crippen LogP contribution in [0.25, 0.3) is 0 Å². The average molecular weight is 372 g/mol. The third kappa shape index (κ3) is 4.68. The lowest BCUT2D eigenvalue weighted by Gasteiger charge is -2.21. The van der Waals surface area contributed by atoms with E-state index in [0.717, 1.165) is 30.7 Å². The van der Waals surface area contributed by atoms with Gasteiger partial charge in [-0.25, -0.2) is 4.98 Å². The molecule has 1 aliphatic rings. The Hall–Kier alpha value is -2.25. The van der Waals surface area contributed by atoms with E-state index in [9.17, 15) is 9.59 Å². The second-order valence-electron chi connectivity index (χ2n) is 6.59. The number of carbonyl (C=O) groups is 2. The van der Waals surface area contributed by atoms with E-state index in [2.05, 4.69) is 40.7 Å². The van der Waals surface area contributed by atoms with Crippen LogP contribution in [0.1, 0.15) is 28.8 Å². The van der Waals surface area contributed by atoms with E-state index in [0.29, 0.717) is 5.13 Å². The maximum Gasteiger partial charge on any atom is 0.240 e. The number of carbonyl (C=O) groups excluding carboxylic acids is 2. The number of nitrogens with zero attached hydrogens (tertiary/aromatic N) is 2. The molecule has 1 aliphatic heterocycles. The molecule has 0 radical (unpaired) electrons. The van der Waals surface area contributed by atoms with Crippen LogP contribution in [0.15, 0.2) is 30.5 Å². The zero-order valence-corrected chi connectivity index (χ0v) is 15.9. The summed E-state index contributed by atoms with van der Waals surface area (Å²) in [4.78, 5) is 31.5. The number of benzene rings is 1. The summed E-state index contributed by atoms with van der Waals surface area (Å²) in [6.07, 6.45) is 4.35. The van der Waals surface area contributed by atoms with Gasteiger partial charge < -0.3 is 10.6 Å². The molecule has 2 N–H and O–H groups in total. The minimum Gasteiger partial charge on any atom is -0.358 e. The Morgan fingerprint density at radius 2 is 2.23 bits per heavy atom. The van der Waals surface area contributed by atoms with Crippen molar-refractivity contribution in [3.63, 3.8) is 0 Å². The number of aryl methyl sites for hydroxylation is 1. The molecule has 0 bridgehead atoms. The molecule has 2 amide bonds. The van der Waals surface area contributed by atoms with Crippen molar-refractivity contribution in [1.29, 1.82) is 0 Å². The first-order valence-corrected chi connectivity index (χ1v) is 9.62. The van der Waals surface area contributed by atoms with E-state index < -0.39 is 0 Å². The van der Waals surface area contributed by atoms with Crippen molar-refractivity contribution in [2.24, 2.45) is 0 Å². The standard InChI is InChI=1S/C19H24N4O2S/c1-13-5-3-6-14(9-13)10-15-11-21-19(26-15)22-17(24)12-23-8-4-7-16(23)18(25)20-2/h3,5-6,9,11,16H,4,7-8,10,12H2,1-2H3,(H,20,25)(H,21,22,24). The third-order valence-electron chi connectivity index (χ3n) is 4.52. The Kier molecular flexibility index (Phi) is 6.00. The summed E-state index contributed by atoms with van der Waals surface area (Å²) in [6.45, 7) is 3.05. The topological polar surface area (TPSA) is 74.3 Å². The first kappa shape index (κ1) is 18.5. The molecule has 2 heterocycles. The summed E-state index contributed by atoms with van der Waals surface area (Å²) < 4.78 is 0. The Balaban J connectivity index is 1.55. The van der Waals surface area contributed by atoms with E-state index in [1.807, 2.05) is 17.2 Å². The Morgan fingerprint density at radius 3 is 3.00 bits per heavy atom. The van der Waals surface area contributed by atoms with E-state index in [-0.39, 0.29) is 24.4 Å². The summed E-state index contributed by atoms with van der Waals surface area (Å²) in [5.74, 6) is -0.151. The normalized spacial score (nSPS) is 17.2. The van der Waals surface area contributed by atoms with Crippen molar-refractivity contribution >= 4 is 28.3 Å². The van der Waals surface area contributed by atoms with Gasteiger partial charge in [-0.05, 0) is 31.9 Å². The minimum atomic E-state index is -0.209. The summed E-state index contributed by atoms with van der Waals surface area (Å²) in [7, 11) is 1.63. The van der Waals surface area contributed by atoms with Crippen LogP contribution >= 0.6 is 11.3 Å². The van der Waals surface area contributed by atoms with Crippen LogP contribution in [0.4, 0.5) is 5.13 Å². The van der Waals surface area contributed by atoms with Crippen molar-refractivity contribution in [2.75, 3.05) is 25.5 Å². The molecule has 1 saturated heterocycles. The molecule has 3 rings (SSSR count). The van der Waals surface area contributed by atoms with Gasteiger partial charge in [0, 0.05) is 24.5 Å². The fourth-order valence-corrected chi connectivity index (χ4v) is 4.16. The van der Waals surface area contributed by atoms with Crippen LogP contribution in [0.2, 0.25) is 0 Å². The highest BCUT2D eigenvalue weighted by atomic mass is 32.1. The molecule has 0 saturated carbocycles. The first-order valence-electron chi connectivity index (χ1n) is 8.81. The molecule has 1 atom stereocenters. The van der Waals surface area contributed by atoms with Gasteiger partial charge in [0.15, 0.2) is 5.13 Å². The van der Waals surface area contributed by atoms with Crippen LogP contribution in [-0.4, -0.2) is 47.9 Å². The van der Waals surface area contributed by atoms with Crippen molar-refractivity contribution in [2.45, 2.75) is 32.2 Å². The number of hydrogen-bond acceptors (Lipinski definition) is 5.